The molecule has 1 N–H and O–H groups in total. The Bertz CT molecular complexity index is 199. The SMILES string of the molecule is O=C(O)/C=C/CC1CC1(F)F. The van der Waals surface area contributed by atoms with E-state index in [4.69, 9.17) is 5.11 Å². The van der Waals surface area contributed by atoms with Crippen LogP contribution in [0, 0.1) is 5.92 Å². The number of halogens is 2. The topological polar surface area (TPSA) is 37.3 Å². The smallest absolute Gasteiger partial charge is 0.327 e. The molecule has 1 aliphatic rings. The zero-order valence-corrected chi connectivity index (χ0v) is 5.76. The van der Waals surface area contributed by atoms with Gasteiger partial charge < -0.3 is 5.11 Å². The molecule has 0 saturated heterocycles. The normalized spacial score (nSPS) is 27.3. The molecule has 0 aromatic rings. The molecule has 1 rings (SSSR count). The quantitative estimate of drug-likeness (QED) is 0.641. The van der Waals surface area contributed by atoms with E-state index in [0.717, 1.165) is 6.08 Å². The standard InChI is InChI=1S/C7H8F2O2/c8-7(9)4-5(7)2-1-3-6(10)11/h1,3,5H,2,4H2,(H,10,11)/b3-1+. The molecule has 1 aliphatic carbocycles. The van der Waals surface area contributed by atoms with Crippen molar-refractivity contribution in [3.8, 4) is 0 Å². The summed E-state index contributed by atoms with van der Waals surface area (Å²) >= 11 is 0. The van der Waals surface area contributed by atoms with Crippen molar-refractivity contribution in [2.75, 3.05) is 0 Å². The predicted octanol–water partition coefficient (Wildman–Crippen LogP) is 1.67. The van der Waals surface area contributed by atoms with Crippen LogP contribution in [-0.4, -0.2) is 17.0 Å². The summed E-state index contributed by atoms with van der Waals surface area (Å²) in [4.78, 5) is 9.89. The third-order valence-electron chi connectivity index (χ3n) is 1.64. The minimum Gasteiger partial charge on any atom is -0.478 e. The maximum absolute atomic E-state index is 12.1. The molecule has 0 heterocycles. The Hall–Kier alpha value is -0.930. The van der Waals surface area contributed by atoms with E-state index in [0.29, 0.717) is 0 Å². The van der Waals surface area contributed by atoms with Gasteiger partial charge in [0.05, 0.1) is 0 Å². The molecule has 0 radical (unpaired) electrons. The van der Waals surface area contributed by atoms with Gasteiger partial charge in [-0.1, -0.05) is 6.08 Å². The minimum absolute atomic E-state index is 0.100. The van der Waals surface area contributed by atoms with E-state index < -0.39 is 17.8 Å². The number of hydrogen-bond acceptors (Lipinski definition) is 1. The highest BCUT2D eigenvalue weighted by molar-refractivity contribution is 5.79. The van der Waals surface area contributed by atoms with Crippen molar-refractivity contribution >= 4 is 5.97 Å². The van der Waals surface area contributed by atoms with Gasteiger partial charge >= 0.3 is 5.97 Å². The number of aliphatic carboxylic acids is 1. The third kappa shape index (κ3) is 2.29. The Morgan fingerprint density at radius 3 is 2.64 bits per heavy atom. The van der Waals surface area contributed by atoms with Crippen LogP contribution < -0.4 is 0 Å². The van der Waals surface area contributed by atoms with Gasteiger partial charge in [0.2, 0.25) is 0 Å². The molecule has 1 unspecified atom stereocenters. The summed E-state index contributed by atoms with van der Waals surface area (Å²) in [5, 5.41) is 8.10. The summed E-state index contributed by atoms with van der Waals surface area (Å²) in [5.41, 5.74) is 0. The largest absolute Gasteiger partial charge is 0.478 e. The fourth-order valence-corrected chi connectivity index (χ4v) is 0.858. The minimum atomic E-state index is -2.54. The van der Waals surface area contributed by atoms with Crippen LogP contribution in [0.25, 0.3) is 0 Å². The highest BCUT2D eigenvalue weighted by Crippen LogP contribution is 2.50. The molecular formula is C7H8F2O2. The Kier molecular flexibility index (Phi) is 1.93. The average Bonchev–Trinajstić information content (AvgIpc) is 2.39. The Balaban J connectivity index is 2.20. The molecule has 0 aliphatic heterocycles. The van der Waals surface area contributed by atoms with Gasteiger partial charge in [0.25, 0.3) is 5.92 Å². The maximum atomic E-state index is 12.1. The average molecular weight is 162 g/mol. The first kappa shape index (κ1) is 8.17. The van der Waals surface area contributed by atoms with E-state index in [1.54, 1.807) is 0 Å². The van der Waals surface area contributed by atoms with Crippen LogP contribution in [0.2, 0.25) is 0 Å². The van der Waals surface area contributed by atoms with Gasteiger partial charge in [-0.2, -0.15) is 0 Å². The molecular weight excluding hydrogens is 154 g/mol. The van der Waals surface area contributed by atoms with Crippen molar-refractivity contribution in [1.29, 1.82) is 0 Å². The van der Waals surface area contributed by atoms with Crippen molar-refractivity contribution in [3.05, 3.63) is 12.2 Å². The first-order chi connectivity index (χ1) is 5.02. The fraction of sp³-hybridized carbons (Fsp3) is 0.571. The highest BCUT2D eigenvalue weighted by Gasteiger charge is 2.55. The van der Waals surface area contributed by atoms with Crippen molar-refractivity contribution in [3.63, 3.8) is 0 Å². The number of carboxylic acids is 1. The van der Waals surface area contributed by atoms with Gasteiger partial charge in [-0.3, -0.25) is 0 Å². The molecule has 0 amide bonds. The zero-order valence-electron chi connectivity index (χ0n) is 5.76. The second kappa shape index (κ2) is 2.60. The van der Waals surface area contributed by atoms with Gasteiger partial charge in [-0.05, 0) is 6.42 Å². The molecule has 1 saturated carbocycles. The number of alkyl halides is 2. The molecule has 0 spiro atoms. The van der Waals surface area contributed by atoms with Gasteiger partial charge in [0.1, 0.15) is 0 Å². The van der Waals surface area contributed by atoms with E-state index in [1.165, 1.54) is 6.08 Å². The maximum Gasteiger partial charge on any atom is 0.327 e. The lowest BCUT2D eigenvalue weighted by Gasteiger charge is -1.89. The van der Waals surface area contributed by atoms with E-state index in [1.807, 2.05) is 0 Å². The fourth-order valence-electron chi connectivity index (χ4n) is 0.858. The van der Waals surface area contributed by atoms with Crippen molar-refractivity contribution in [1.82, 2.24) is 0 Å². The summed E-state index contributed by atoms with van der Waals surface area (Å²) in [6.07, 6.45) is 2.23. The summed E-state index contributed by atoms with van der Waals surface area (Å²) < 4.78 is 24.3. The first-order valence-corrected chi connectivity index (χ1v) is 3.29. The monoisotopic (exact) mass is 162 g/mol. The molecule has 62 valence electrons. The number of hydrogen-bond donors (Lipinski definition) is 1. The van der Waals surface area contributed by atoms with Crippen LogP contribution in [-0.2, 0) is 4.79 Å². The van der Waals surface area contributed by atoms with E-state index in [-0.39, 0.29) is 12.8 Å². The van der Waals surface area contributed by atoms with Crippen LogP contribution in [0.5, 0.6) is 0 Å². The summed E-state index contributed by atoms with van der Waals surface area (Å²) in [5.74, 6) is -4.25. The second-order valence-electron chi connectivity index (χ2n) is 2.64. The lowest BCUT2D eigenvalue weighted by Crippen LogP contribution is -1.92. The second-order valence-corrected chi connectivity index (χ2v) is 2.64. The van der Waals surface area contributed by atoms with Gasteiger partial charge in [-0.15, -0.1) is 0 Å². The molecule has 0 aromatic carbocycles. The van der Waals surface area contributed by atoms with Crippen LogP contribution in [0.4, 0.5) is 8.78 Å². The lowest BCUT2D eigenvalue weighted by molar-refractivity contribution is -0.131. The highest BCUT2D eigenvalue weighted by atomic mass is 19.3. The molecule has 0 bridgehead atoms. The predicted molar refractivity (Wildman–Crippen MR) is 34.4 cm³/mol. The number of rotatable bonds is 3. The molecule has 0 aromatic heterocycles. The molecule has 2 nitrogen and oxygen atoms in total. The van der Waals surface area contributed by atoms with Crippen LogP contribution in [0.1, 0.15) is 12.8 Å². The number of carboxylic acid groups (broad SMARTS) is 1. The van der Waals surface area contributed by atoms with Crippen LogP contribution in [0.15, 0.2) is 12.2 Å². The van der Waals surface area contributed by atoms with E-state index >= 15 is 0 Å². The molecule has 4 heteroatoms. The molecule has 11 heavy (non-hydrogen) atoms. The number of allylic oxidation sites excluding steroid dienone is 1. The third-order valence-corrected chi connectivity index (χ3v) is 1.64. The number of carbonyl (C=O) groups is 1. The van der Waals surface area contributed by atoms with Crippen molar-refractivity contribution in [2.24, 2.45) is 5.92 Å². The summed E-state index contributed by atoms with van der Waals surface area (Å²) in [6.45, 7) is 0. The van der Waals surface area contributed by atoms with Gasteiger partial charge in [0, 0.05) is 18.4 Å². The van der Waals surface area contributed by atoms with Crippen LogP contribution in [0.3, 0.4) is 0 Å². The molecule has 1 atom stereocenters. The summed E-state index contributed by atoms with van der Waals surface area (Å²) in [7, 11) is 0. The van der Waals surface area contributed by atoms with E-state index in [9.17, 15) is 13.6 Å². The lowest BCUT2D eigenvalue weighted by atomic mass is 10.2. The van der Waals surface area contributed by atoms with Gasteiger partial charge in [-0.25, -0.2) is 13.6 Å². The van der Waals surface area contributed by atoms with Gasteiger partial charge in [0.15, 0.2) is 0 Å². The Morgan fingerprint density at radius 2 is 2.27 bits per heavy atom. The first-order valence-electron chi connectivity index (χ1n) is 3.29. The van der Waals surface area contributed by atoms with Crippen molar-refractivity contribution < 1.29 is 18.7 Å². The van der Waals surface area contributed by atoms with Crippen molar-refractivity contribution in [2.45, 2.75) is 18.8 Å². The molecule has 1 fully saturated rings. The van der Waals surface area contributed by atoms with E-state index in [2.05, 4.69) is 0 Å². The van der Waals surface area contributed by atoms with Crippen LogP contribution >= 0.6 is 0 Å². The summed E-state index contributed by atoms with van der Waals surface area (Å²) in [6, 6.07) is 0. The zero-order chi connectivity index (χ0) is 8.48. The Labute approximate surface area is 62.5 Å². The Morgan fingerprint density at radius 1 is 1.73 bits per heavy atom.